The minimum atomic E-state index is 0.0868. The summed E-state index contributed by atoms with van der Waals surface area (Å²) in [4.78, 5) is 5.45. The lowest BCUT2D eigenvalue weighted by atomic mass is 10.1. The lowest BCUT2D eigenvalue weighted by Gasteiger charge is -2.16. The van der Waals surface area contributed by atoms with E-state index in [1.807, 2.05) is 25.4 Å². The standard InChI is InChI=1S/C13H13Cl3N2S/c1-7(17-5-11-8(2)18-6-19-11)9-3-4-10(14)13(16)12(9)15/h3-4,6-7,17H,5H2,1-2H3. The van der Waals surface area contributed by atoms with Crippen molar-refractivity contribution in [3.8, 4) is 0 Å². The van der Waals surface area contributed by atoms with Crippen LogP contribution in [0.4, 0.5) is 0 Å². The molecule has 1 N–H and O–H groups in total. The van der Waals surface area contributed by atoms with Crippen LogP contribution in [-0.4, -0.2) is 4.98 Å². The number of halogens is 3. The highest BCUT2D eigenvalue weighted by molar-refractivity contribution is 7.09. The number of nitrogens with one attached hydrogen (secondary N) is 1. The maximum absolute atomic E-state index is 6.22. The molecule has 0 spiro atoms. The molecule has 0 aliphatic carbocycles. The van der Waals surface area contributed by atoms with E-state index in [4.69, 9.17) is 34.8 Å². The summed E-state index contributed by atoms with van der Waals surface area (Å²) in [6.45, 7) is 4.81. The molecule has 0 bridgehead atoms. The summed E-state index contributed by atoms with van der Waals surface area (Å²) in [6, 6.07) is 3.75. The highest BCUT2D eigenvalue weighted by Gasteiger charge is 2.14. The largest absolute Gasteiger partial charge is 0.305 e. The third-order valence-electron chi connectivity index (χ3n) is 2.95. The Kier molecular flexibility index (Phi) is 5.09. The molecule has 2 rings (SSSR count). The Morgan fingerprint density at radius 2 is 2.00 bits per heavy atom. The molecule has 19 heavy (non-hydrogen) atoms. The molecule has 0 aliphatic heterocycles. The lowest BCUT2D eigenvalue weighted by Crippen LogP contribution is -2.18. The molecule has 1 heterocycles. The summed E-state index contributed by atoms with van der Waals surface area (Å²) in [6.07, 6.45) is 0. The number of rotatable bonds is 4. The zero-order chi connectivity index (χ0) is 14.0. The second kappa shape index (κ2) is 6.42. The predicted octanol–water partition coefficient (Wildman–Crippen LogP) is 5.26. The van der Waals surface area contributed by atoms with E-state index >= 15 is 0 Å². The van der Waals surface area contributed by atoms with Crippen LogP contribution in [0.15, 0.2) is 17.6 Å². The van der Waals surface area contributed by atoms with Crippen LogP contribution in [0.5, 0.6) is 0 Å². The van der Waals surface area contributed by atoms with Crippen molar-refractivity contribution in [2.45, 2.75) is 26.4 Å². The van der Waals surface area contributed by atoms with Gasteiger partial charge in [-0.1, -0.05) is 40.9 Å². The third kappa shape index (κ3) is 3.41. The smallest absolute Gasteiger partial charge is 0.0798 e. The van der Waals surface area contributed by atoms with E-state index < -0.39 is 0 Å². The molecule has 1 aromatic heterocycles. The molecule has 1 aromatic carbocycles. The van der Waals surface area contributed by atoms with Gasteiger partial charge >= 0.3 is 0 Å². The number of benzene rings is 1. The first-order chi connectivity index (χ1) is 9.00. The van der Waals surface area contributed by atoms with Gasteiger partial charge in [0.2, 0.25) is 0 Å². The van der Waals surface area contributed by atoms with Gasteiger partial charge in [0.15, 0.2) is 0 Å². The summed E-state index contributed by atoms with van der Waals surface area (Å²) in [5.41, 5.74) is 3.85. The second-order valence-corrected chi connectivity index (χ2v) is 6.33. The van der Waals surface area contributed by atoms with Gasteiger partial charge in [-0.05, 0) is 25.5 Å². The zero-order valence-electron chi connectivity index (χ0n) is 10.5. The van der Waals surface area contributed by atoms with Crippen LogP contribution in [0.1, 0.15) is 29.1 Å². The first kappa shape index (κ1) is 15.1. The SMILES string of the molecule is Cc1ncsc1CNC(C)c1ccc(Cl)c(Cl)c1Cl. The van der Waals surface area contributed by atoms with Crippen molar-refractivity contribution in [1.82, 2.24) is 10.3 Å². The molecule has 0 aliphatic rings. The quantitative estimate of drug-likeness (QED) is 0.771. The van der Waals surface area contributed by atoms with Crippen molar-refractivity contribution in [2.75, 3.05) is 0 Å². The molecule has 6 heteroatoms. The van der Waals surface area contributed by atoms with E-state index in [2.05, 4.69) is 10.3 Å². The Balaban J connectivity index is 2.10. The fraction of sp³-hybridized carbons (Fsp3) is 0.308. The number of thiazole rings is 1. The van der Waals surface area contributed by atoms with Crippen LogP contribution >= 0.6 is 46.1 Å². The van der Waals surface area contributed by atoms with Crippen LogP contribution in [0.3, 0.4) is 0 Å². The highest BCUT2D eigenvalue weighted by Crippen LogP contribution is 2.35. The van der Waals surface area contributed by atoms with Crippen molar-refractivity contribution in [3.05, 3.63) is 48.8 Å². The molecule has 0 amide bonds. The van der Waals surface area contributed by atoms with E-state index in [0.717, 1.165) is 17.8 Å². The average molecular weight is 336 g/mol. The van der Waals surface area contributed by atoms with Crippen molar-refractivity contribution in [3.63, 3.8) is 0 Å². The number of aromatic nitrogens is 1. The van der Waals surface area contributed by atoms with E-state index in [1.54, 1.807) is 17.4 Å². The van der Waals surface area contributed by atoms with Crippen LogP contribution < -0.4 is 5.32 Å². The fourth-order valence-corrected chi connectivity index (χ4v) is 3.16. The van der Waals surface area contributed by atoms with E-state index in [0.29, 0.717) is 15.1 Å². The predicted molar refractivity (Wildman–Crippen MR) is 83.6 cm³/mol. The maximum atomic E-state index is 6.22. The minimum Gasteiger partial charge on any atom is -0.305 e. The van der Waals surface area contributed by atoms with Gasteiger partial charge in [0.1, 0.15) is 0 Å². The first-order valence-corrected chi connectivity index (χ1v) is 7.77. The number of hydrogen-bond donors (Lipinski definition) is 1. The van der Waals surface area contributed by atoms with Crippen molar-refractivity contribution < 1.29 is 0 Å². The van der Waals surface area contributed by atoms with Crippen molar-refractivity contribution >= 4 is 46.1 Å². The van der Waals surface area contributed by atoms with Gasteiger partial charge < -0.3 is 5.32 Å². The van der Waals surface area contributed by atoms with Crippen LogP contribution in [-0.2, 0) is 6.54 Å². The second-order valence-electron chi connectivity index (χ2n) is 4.23. The number of aryl methyl sites for hydroxylation is 1. The molecular weight excluding hydrogens is 323 g/mol. The van der Waals surface area contributed by atoms with Gasteiger partial charge in [0.25, 0.3) is 0 Å². The number of nitrogens with zero attached hydrogens (tertiary/aromatic N) is 1. The molecule has 0 fully saturated rings. The highest BCUT2D eigenvalue weighted by atomic mass is 35.5. The minimum absolute atomic E-state index is 0.0868. The van der Waals surface area contributed by atoms with Crippen molar-refractivity contribution in [2.24, 2.45) is 0 Å². The lowest BCUT2D eigenvalue weighted by molar-refractivity contribution is 0.577. The molecule has 0 saturated carbocycles. The molecule has 0 saturated heterocycles. The molecule has 1 atom stereocenters. The fourth-order valence-electron chi connectivity index (χ4n) is 1.73. The molecule has 0 radical (unpaired) electrons. The topological polar surface area (TPSA) is 24.9 Å². The van der Waals surface area contributed by atoms with Gasteiger partial charge in [-0.3, -0.25) is 0 Å². The Bertz CT molecular complexity index is 583. The normalized spacial score (nSPS) is 12.7. The van der Waals surface area contributed by atoms with Crippen LogP contribution in [0.25, 0.3) is 0 Å². The Labute approximate surface area is 131 Å². The Morgan fingerprint density at radius 3 is 2.63 bits per heavy atom. The molecule has 102 valence electrons. The molecular formula is C13H13Cl3N2S. The summed E-state index contributed by atoms with van der Waals surface area (Å²) < 4.78 is 0. The van der Waals surface area contributed by atoms with Gasteiger partial charge in [-0.2, -0.15) is 0 Å². The van der Waals surface area contributed by atoms with E-state index in [1.165, 1.54) is 4.88 Å². The maximum Gasteiger partial charge on any atom is 0.0798 e. The summed E-state index contributed by atoms with van der Waals surface area (Å²) in [5.74, 6) is 0. The van der Waals surface area contributed by atoms with Gasteiger partial charge in [0, 0.05) is 17.5 Å². The van der Waals surface area contributed by atoms with Gasteiger partial charge in [0.05, 0.1) is 26.3 Å². The van der Waals surface area contributed by atoms with Crippen LogP contribution in [0, 0.1) is 6.92 Å². The average Bonchev–Trinajstić information content (AvgIpc) is 2.79. The Hall–Kier alpha value is -0.320. The first-order valence-electron chi connectivity index (χ1n) is 5.76. The number of hydrogen-bond acceptors (Lipinski definition) is 3. The van der Waals surface area contributed by atoms with Gasteiger partial charge in [-0.25, -0.2) is 4.98 Å². The van der Waals surface area contributed by atoms with Gasteiger partial charge in [-0.15, -0.1) is 11.3 Å². The summed E-state index contributed by atoms with van der Waals surface area (Å²) >= 11 is 19.8. The molecule has 2 nitrogen and oxygen atoms in total. The monoisotopic (exact) mass is 334 g/mol. The third-order valence-corrected chi connectivity index (χ3v) is 5.19. The van der Waals surface area contributed by atoms with E-state index in [-0.39, 0.29) is 6.04 Å². The zero-order valence-corrected chi connectivity index (χ0v) is 13.6. The molecule has 2 aromatic rings. The summed E-state index contributed by atoms with van der Waals surface area (Å²) in [7, 11) is 0. The molecule has 1 unspecified atom stereocenters. The van der Waals surface area contributed by atoms with Crippen molar-refractivity contribution in [1.29, 1.82) is 0 Å². The summed E-state index contributed by atoms with van der Waals surface area (Å²) in [5, 5.41) is 4.80. The Morgan fingerprint density at radius 1 is 1.26 bits per heavy atom. The van der Waals surface area contributed by atoms with E-state index in [9.17, 15) is 0 Å². The van der Waals surface area contributed by atoms with Crippen LogP contribution in [0.2, 0.25) is 15.1 Å².